The molecule has 1 unspecified atom stereocenters. The summed E-state index contributed by atoms with van der Waals surface area (Å²) >= 11 is 1.42. The molecule has 0 saturated carbocycles. The van der Waals surface area contributed by atoms with Crippen LogP contribution in [0.2, 0.25) is 0 Å². The van der Waals surface area contributed by atoms with E-state index in [-0.39, 0.29) is 5.44 Å². The largest absolute Gasteiger partial charge is 0.390 e. The van der Waals surface area contributed by atoms with Crippen molar-refractivity contribution in [1.29, 1.82) is 0 Å². The predicted octanol–water partition coefficient (Wildman–Crippen LogP) is 0.455. The standard InChI is InChI=1S/C14H26N2O4S/c1-3-5-6-8(17)12-11(19)10(18)9-13(20-12)21-14(16-9)15-7-4-2/h8-13,17-19H,3-7H2,1-2H3,(H,15,16)/t8?,9-,10-,11+,12-,13-/m1/s1. The van der Waals surface area contributed by atoms with Gasteiger partial charge < -0.3 is 25.4 Å². The highest BCUT2D eigenvalue weighted by Gasteiger charge is 2.49. The van der Waals surface area contributed by atoms with Gasteiger partial charge in [0.25, 0.3) is 0 Å². The second kappa shape index (κ2) is 7.78. The smallest absolute Gasteiger partial charge is 0.159 e. The number of nitrogens with zero attached hydrogens (tertiary/aromatic N) is 1. The highest BCUT2D eigenvalue weighted by molar-refractivity contribution is 8.14. The molecule has 0 aromatic carbocycles. The van der Waals surface area contributed by atoms with E-state index in [1.165, 1.54) is 11.8 Å². The molecule has 2 aliphatic heterocycles. The van der Waals surface area contributed by atoms with Crippen molar-refractivity contribution in [3.8, 4) is 0 Å². The number of aliphatic hydroxyl groups is 3. The number of thioether (sulfide) groups is 1. The minimum atomic E-state index is -1.10. The van der Waals surface area contributed by atoms with Gasteiger partial charge in [0.2, 0.25) is 0 Å². The Labute approximate surface area is 130 Å². The summed E-state index contributed by atoms with van der Waals surface area (Å²) < 4.78 is 5.81. The Morgan fingerprint density at radius 3 is 2.71 bits per heavy atom. The van der Waals surface area contributed by atoms with Crippen molar-refractivity contribution in [3.63, 3.8) is 0 Å². The van der Waals surface area contributed by atoms with E-state index in [9.17, 15) is 15.3 Å². The number of rotatable bonds is 6. The molecule has 6 nitrogen and oxygen atoms in total. The van der Waals surface area contributed by atoms with E-state index >= 15 is 0 Å². The van der Waals surface area contributed by atoms with Gasteiger partial charge in [0.05, 0.1) is 6.10 Å². The van der Waals surface area contributed by atoms with Crippen LogP contribution in [-0.4, -0.2) is 62.9 Å². The Morgan fingerprint density at radius 2 is 2.05 bits per heavy atom. The molecule has 0 spiro atoms. The van der Waals surface area contributed by atoms with Crippen LogP contribution in [0.3, 0.4) is 0 Å². The van der Waals surface area contributed by atoms with Gasteiger partial charge in [-0.2, -0.15) is 0 Å². The minimum absolute atomic E-state index is 0.343. The fourth-order valence-corrected chi connectivity index (χ4v) is 3.73. The van der Waals surface area contributed by atoms with Crippen molar-refractivity contribution >= 4 is 16.9 Å². The Kier molecular flexibility index (Phi) is 6.31. The van der Waals surface area contributed by atoms with E-state index in [1.807, 2.05) is 6.92 Å². The molecule has 0 aromatic rings. The molecule has 6 atom stereocenters. The molecule has 0 amide bonds. The van der Waals surface area contributed by atoms with Crippen LogP contribution in [0, 0.1) is 0 Å². The summed E-state index contributed by atoms with van der Waals surface area (Å²) in [6, 6.07) is -0.473. The zero-order chi connectivity index (χ0) is 15.4. The second-order valence-electron chi connectivity index (χ2n) is 5.63. The number of aliphatic hydroxyl groups excluding tert-OH is 3. The first-order valence-corrected chi connectivity index (χ1v) is 8.64. The molecule has 21 heavy (non-hydrogen) atoms. The van der Waals surface area contributed by atoms with Gasteiger partial charge in [-0.15, -0.1) is 0 Å². The normalized spacial score (nSPS) is 37.0. The van der Waals surface area contributed by atoms with Crippen LogP contribution < -0.4 is 5.32 Å². The van der Waals surface area contributed by atoms with Crippen LogP contribution in [0.15, 0.2) is 4.99 Å². The van der Waals surface area contributed by atoms with E-state index in [0.29, 0.717) is 6.42 Å². The van der Waals surface area contributed by atoms with E-state index in [4.69, 9.17) is 4.74 Å². The predicted molar refractivity (Wildman–Crippen MR) is 83.3 cm³/mol. The lowest BCUT2D eigenvalue weighted by atomic mass is 9.93. The average Bonchev–Trinajstić information content (AvgIpc) is 2.89. The van der Waals surface area contributed by atoms with Crippen LogP contribution >= 0.6 is 11.8 Å². The first kappa shape index (κ1) is 17.0. The number of aliphatic imine (C=N–C) groups is 1. The van der Waals surface area contributed by atoms with Gasteiger partial charge in [-0.05, 0) is 12.8 Å². The number of unbranched alkanes of at least 4 members (excludes halogenated alkanes) is 1. The number of amidine groups is 1. The SMILES string of the molecule is CCCCC(O)[C@H]1O[C@@H]2SC(NCCC)=N[C@@H]2[C@@H](O)[C@@H]1O. The van der Waals surface area contributed by atoms with E-state index in [2.05, 4.69) is 17.2 Å². The van der Waals surface area contributed by atoms with Gasteiger partial charge >= 0.3 is 0 Å². The van der Waals surface area contributed by atoms with Gasteiger partial charge in [-0.1, -0.05) is 38.5 Å². The molecule has 122 valence electrons. The number of fused-ring (bicyclic) bond motifs is 1. The van der Waals surface area contributed by atoms with Crippen LogP contribution in [0.25, 0.3) is 0 Å². The van der Waals surface area contributed by atoms with E-state index in [1.54, 1.807) is 0 Å². The summed E-state index contributed by atoms with van der Waals surface area (Å²) in [6.45, 7) is 4.92. The highest BCUT2D eigenvalue weighted by Crippen LogP contribution is 2.37. The number of ether oxygens (including phenoxy) is 1. The monoisotopic (exact) mass is 318 g/mol. The maximum atomic E-state index is 10.2. The van der Waals surface area contributed by atoms with Crippen molar-refractivity contribution in [2.75, 3.05) is 6.54 Å². The Morgan fingerprint density at radius 1 is 1.29 bits per heavy atom. The molecule has 0 aromatic heterocycles. The third-order valence-electron chi connectivity index (χ3n) is 3.86. The maximum Gasteiger partial charge on any atom is 0.159 e. The van der Waals surface area contributed by atoms with Crippen molar-refractivity contribution < 1.29 is 20.1 Å². The third kappa shape index (κ3) is 3.90. The van der Waals surface area contributed by atoms with E-state index < -0.39 is 30.5 Å². The lowest BCUT2D eigenvalue weighted by molar-refractivity contribution is -0.185. The average molecular weight is 318 g/mol. The zero-order valence-corrected chi connectivity index (χ0v) is 13.4. The number of hydrogen-bond donors (Lipinski definition) is 4. The molecule has 2 rings (SSSR count). The summed E-state index contributed by atoms with van der Waals surface area (Å²) in [4.78, 5) is 4.39. The lowest BCUT2D eigenvalue weighted by Gasteiger charge is -2.40. The van der Waals surface area contributed by atoms with Gasteiger partial charge in [0.1, 0.15) is 29.8 Å². The van der Waals surface area contributed by atoms with Crippen LogP contribution in [0.1, 0.15) is 39.5 Å². The Bertz CT molecular complexity index is 369. The van der Waals surface area contributed by atoms with Crippen LogP contribution in [0.4, 0.5) is 0 Å². The molecule has 7 heteroatoms. The second-order valence-corrected chi connectivity index (χ2v) is 6.72. The lowest BCUT2D eigenvalue weighted by Crippen LogP contribution is -2.58. The van der Waals surface area contributed by atoms with Crippen LogP contribution in [-0.2, 0) is 4.74 Å². The maximum absolute atomic E-state index is 10.2. The third-order valence-corrected chi connectivity index (χ3v) is 4.95. The molecule has 0 bridgehead atoms. The quantitative estimate of drug-likeness (QED) is 0.568. The Balaban J connectivity index is 1.98. The summed E-state index contributed by atoms with van der Waals surface area (Å²) in [5.74, 6) is 0. The fraction of sp³-hybridized carbons (Fsp3) is 0.929. The summed E-state index contributed by atoms with van der Waals surface area (Å²) in [7, 11) is 0. The van der Waals surface area contributed by atoms with E-state index in [0.717, 1.165) is 31.0 Å². The topological polar surface area (TPSA) is 94.3 Å². The fourth-order valence-electron chi connectivity index (χ4n) is 2.60. The van der Waals surface area contributed by atoms with Crippen molar-refractivity contribution in [3.05, 3.63) is 0 Å². The number of hydrogen-bond acceptors (Lipinski definition) is 7. The molecule has 0 radical (unpaired) electrons. The van der Waals surface area contributed by atoms with Gasteiger partial charge in [0, 0.05) is 6.54 Å². The molecular weight excluding hydrogens is 292 g/mol. The van der Waals surface area contributed by atoms with Crippen LogP contribution in [0.5, 0.6) is 0 Å². The highest BCUT2D eigenvalue weighted by atomic mass is 32.2. The molecule has 1 fully saturated rings. The zero-order valence-electron chi connectivity index (χ0n) is 12.6. The van der Waals surface area contributed by atoms with Gasteiger partial charge in [-0.25, -0.2) is 0 Å². The molecule has 4 N–H and O–H groups in total. The first-order valence-electron chi connectivity index (χ1n) is 7.76. The molecular formula is C14H26N2O4S. The molecule has 1 saturated heterocycles. The summed E-state index contributed by atoms with van der Waals surface area (Å²) in [5, 5.41) is 34.5. The molecule has 0 aliphatic carbocycles. The molecule has 2 heterocycles. The minimum Gasteiger partial charge on any atom is -0.390 e. The van der Waals surface area contributed by atoms with Gasteiger partial charge in [-0.3, -0.25) is 4.99 Å². The van der Waals surface area contributed by atoms with Crippen molar-refractivity contribution in [2.24, 2.45) is 4.99 Å². The Hall–Kier alpha value is -0.340. The molecule has 2 aliphatic rings. The van der Waals surface area contributed by atoms with Crippen molar-refractivity contribution in [2.45, 2.75) is 75.4 Å². The van der Waals surface area contributed by atoms with Gasteiger partial charge in [0.15, 0.2) is 5.17 Å². The first-order chi connectivity index (χ1) is 10.1. The summed E-state index contributed by atoms with van der Waals surface area (Å²) in [5.41, 5.74) is -0.343. The number of nitrogens with one attached hydrogen (secondary N) is 1. The van der Waals surface area contributed by atoms with Crippen molar-refractivity contribution in [1.82, 2.24) is 5.32 Å². The summed E-state index contributed by atoms with van der Waals surface area (Å²) in [6.07, 6.45) is -0.229.